The predicted octanol–water partition coefficient (Wildman–Crippen LogP) is 4.57. The van der Waals surface area contributed by atoms with Gasteiger partial charge in [-0.05, 0) is 41.8 Å². The van der Waals surface area contributed by atoms with Gasteiger partial charge in [-0.15, -0.1) is 0 Å². The third kappa shape index (κ3) is 5.17. The Balaban J connectivity index is 1.43. The summed E-state index contributed by atoms with van der Waals surface area (Å²) in [7, 11) is 1.66. The Morgan fingerprint density at radius 3 is 2.28 bits per heavy atom. The monoisotopic (exact) mass is 428 g/mol. The van der Waals surface area contributed by atoms with Crippen LogP contribution in [0.15, 0.2) is 84.9 Å². The fourth-order valence-corrected chi connectivity index (χ4v) is 4.21. The van der Waals surface area contributed by atoms with Crippen molar-refractivity contribution in [3.8, 4) is 5.75 Å². The van der Waals surface area contributed by atoms with Crippen molar-refractivity contribution in [2.24, 2.45) is 0 Å². The molecule has 5 heteroatoms. The van der Waals surface area contributed by atoms with Gasteiger partial charge in [-0.2, -0.15) is 0 Å². The van der Waals surface area contributed by atoms with Gasteiger partial charge in [-0.25, -0.2) is 0 Å². The molecule has 0 bridgehead atoms. The third-order valence-corrected chi connectivity index (χ3v) is 6.05. The zero-order valence-corrected chi connectivity index (χ0v) is 18.2. The van der Waals surface area contributed by atoms with E-state index in [0.29, 0.717) is 18.0 Å². The Kier molecular flexibility index (Phi) is 6.85. The van der Waals surface area contributed by atoms with Crippen LogP contribution in [0.2, 0.25) is 0 Å². The summed E-state index contributed by atoms with van der Waals surface area (Å²) in [5.41, 5.74) is 2.73. The van der Waals surface area contributed by atoms with Crippen molar-refractivity contribution < 1.29 is 14.3 Å². The number of amides is 2. The molecule has 2 amide bonds. The molecule has 1 aliphatic heterocycles. The van der Waals surface area contributed by atoms with E-state index in [1.165, 1.54) is 5.56 Å². The van der Waals surface area contributed by atoms with E-state index in [0.717, 1.165) is 24.3 Å². The first-order valence-electron chi connectivity index (χ1n) is 11.0. The standard InChI is InChI=1S/C27H28N2O3/c1-32-24-14-12-20(13-15-24)23-16-17-29(19-23)26(30)18-25(21-8-4-2-5-9-21)28-27(31)22-10-6-3-7-11-22/h2-15,23,25H,16-19H2,1H3,(H,28,31). The topological polar surface area (TPSA) is 58.6 Å². The van der Waals surface area contributed by atoms with Gasteiger partial charge in [0.2, 0.25) is 5.91 Å². The molecule has 0 radical (unpaired) electrons. The first-order valence-corrected chi connectivity index (χ1v) is 11.0. The van der Waals surface area contributed by atoms with Crippen molar-refractivity contribution in [3.63, 3.8) is 0 Å². The SMILES string of the molecule is COc1ccc(C2CCN(C(=O)CC(NC(=O)c3ccccc3)c3ccccc3)C2)cc1. The largest absolute Gasteiger partial charge is 0.497 e. The summed E-state index contributed by atoms with van der Waals surface area (Å²) in [5.74, 6) is 1.03. The molecular formula is C27H28N2O3. The molecule has 164 valence electrons. The molecule has 2 unspecified atom stereocenters. The summed E-state index contributed by atoms with van der Waals surface area (Å²) < 4.78 is 5.24. The summed E-state index contributed by atoms with van der Waals surface area (Å²) in [4.78, 5) is 27.9. The molecule has 1 aliphatic rings. The fourth-order valence-electron chi connectivity index (χ4n) is 4.21. The maximum Gasteiger partial charge on any atom is 0.251 e. The molecule has 0 aliphatic carbocycles. The molecule has 1 heterocycles. The van der Waals surface area contributed by atoms with Gasteiger partial charge in [0, 0.05) is 24.6 Å². The van der Waals surface area contributed by atoms with Crippen molar-refractivity contribution in [3.05, 3.63) is 102 Å². The third-order valence-electron chi connectivity index (χ3n) is 6.05. The van der Waals surface area contributed by atoms with E-state index in [1.54, 1.807) is 19.2 Å². The highest BCUT2D eigenvalue weighted by Gasteiger charge is 2.29. The average molecular weight is 429 g/mol. The van der Waals surface area contributed by atoms with E-state index >= 15 is 0 Å². The molecule has 5 nitrogen and oxygen atoms in total. The van der Waals surface area contributed by atoms with Crippen molar-refractivity contribution in [1.82, 2.24) is 10.2 Å². The second-order valence-electron chi connectivity index (χ2n) is 8.11. The zero-order valence-electron chi connectivity index (χ0n) is 18.2. The molecule has 0 spiro atoms. The van der Waals surface area contributed by atoms with Crippen molar-refractivity contribution in [2.45, 2.75) is 24.8 Å². The van der Waals surface area contributed by atoms with Gasteiger partial charge in [0.15, 0.2) is 0 Å². The Morgan fingerprint density at radius 1 is 0.969 bits per heavy atom. The van der Waals surface area contributed by atoms with Gasteiger partial charge in [0.25, 0.3) is 5.91 Å². The quantitative estimate of drug-likeness (QED) is 0.600. The molecule has 3 aromatic carbocycles. The summed E-state index contributed by atoms with van der Waals surface area (Å²) in [6.07, 6.45) is 1.17. The maximum absolute atomic E-state index is 13.2. The van der Waals surface area contributed by atoms with Crippen molar-refractivity contribution in [1.29, 1.82) is 0 Å². The van der Waals surface area contributed by atoms with Crippen LogP contribution in [-0.4, -0.2) is 36.9 Å². The normalized spacial score (nSPS) is 16.4. The summed E-state index contributed by atoms with van der Waals surface area (Å²) in [6.45, 7) is 1.42. The minimum absolute atomic E-state index is 0.0585. The highest BCUT2D eigenvalue weighted by molar-refractivity contribution is 5.94. The average Bonchev–Trinajstić information content (AvgIpc) is 3.35. The van der Waals surface area contributed by atoms with Gasteiger partial charge in [0.1, 0.15) is 5.75 Å². The Morgan fingerprint density at radius 2 is 1.62 bits per heavy atom. The van der Waals surface area contributed by atoms with Crippen LogP contribution in [0.5, 0.6) is 5.75 Å². The van der Waals surface area contributed by atoms with Crippen molar-refractivity contribution >= 4 is 11.8 Å². The number of benzene rings is 3. The lowest BCUT2D eigenvalue weighted by Gasteiger charge is -2.23. The Bertz CT molecular complexity index is 1040. The number of ether oxygens (including phenoxy) is 1. The number of carbonyl (C=O) groups excluding carboxylic acids is 2. The molecule has 1 N–H and O–H groups in total. The molecular weight excluding hydrogens is 400 g/mol. The van der Waals surface area contributed by atoms with E-state index in [1.807, 2.05) is 65.6 Å². The van der Waals surface area contributed by atoms with Gasteiger partial charge in [0.05, 0.1) is 19.6 Å². The number of carbonyl (C=O) groups is 2. The summed E-state index contributed by atoms with van der Waals surface area (Å²) in [5, 5.41) is 3.06. The fraction of sp³-hybridized carbons (Fsp3) is 0.259. The number of hydrogen-bond donors (Lipinski definition) is 1. The maximum atomic E-state index is 13.2. The van der Waals surface area contributed by atoms with Crippen LogP contribution < -0.4 is 10.1 Å². The number of methoxy groups -OCH3 is 1. The van der Waals surface area contributed by atoms with Crippen LogP contribution >= 0.6 is 0 Å². The van der Waals surface area contributed by atoms with Crippen LogP contribution in [-0.2, 0) is 4.79 Å². The number of rotatable bonds is 7. The Labute approximate surface area is 189 Å². The highest BCUT2D eigenvalue weighted by atomic mass is 16.5. The van der Waals surface area contributed by atoms with E-state index in [2.05, 4.69) is 17.4 Å². The number of hydrogen-bond acceptors (Lipinski definition) is 3. The van der Waals surface area contributed by atoms with Crippen LogP contribution in [0.4, 0.5) is 0 Å². The molecule has 0 aromatic heterocycles. The number of likely N-dealkylation sites (tertiary alicyclic amines) is 1. The van der Waals surface area contributed by atoms with Crippen LogP contribution in [0.25, 0.3) is 0 Å². The van der Waals surface area contributed by atoms with Crippen molar-refractivity contribution in [2.75, 3.05) is 20.2 Å². The Hall–Kier alpha value is -3.60. The minimum atomic E-state index is -0.378. The molecule has 0 saturated carbocycles. The van der Waals surface area contributed by atoms with E-state index in [4.69, 9.17) is 4.74 Å². The van der Waals surface area contributed by atoms with E-state index < -0.39 is 0 Å². The molecule has 32 heavy (non-hydrogen) atoms. The van der Waals surface area contributed by atoms with Gasteiger partial charge < -0.3 is 15.0 Å². The summed E-state index contributed by atoms with van der Waals surface area (Å²) in [6, 6.07) is 26.5. The second kappa shape index (κ2) is 10.1. The lowest BCUT2D eigenvalue weighted by molar-refractivity contribution is -0.130. The minimum Gasteiger partial charge on any atom is -0.497 e. The molecule has 1 fully saturated rings. The lowest BCUT2D eigenvalue weighted by Crippen LogP contribution is -2.35. The number of nitrogens with one attached hydrogen (secondary N) is 1. The van der Waals surface area contributed by atoms with Crippen LogP contribution in [0.3, 0.4) is 0 Å². The summed E-state index contributed by atoms with van der Waals surface area (Å²) >= 11 is 0. The van der Waals surface area contributed by atoms with Gasteiger partial charge in [-0.1, -0.05) is 60.7 Å². The van der Waals surface area contributed by atoms with Gasteiger partial charge in [-0.3, -0.25) is 9.59 Å². The highest BCUT2D eigenvalue weighted by Crippen LogP contribution is 2.30. The van der Waals surface area contributed by atoms with Gasteiger partial charge >= 0.3 is 0 Å². The first-order chi connectivity index (χ1) is 15.6. The van der Waals surface area contributed by atoms with Crippen LogP contribution in [0, 0.1) is 0 Å². The van der Waals surface area contributed by atoms with E-state index in [9.17, 15) is 9.59 Å². The molecule has 3 aromatic rings. The molecule has 4 rings (SSSR count). The second-order valence-corrected chi connectivity index (χ2v) is 8.11. The smallest absolute Gasteiger partial charge is 0.251 e. The van der Waals surface area contributed by atoms with E-state index in [-0.39, 0.29) is 24.3 Å². The zero-order chi connectivity index (χ0) is 22.3. The predicted molar refractivity (Wildman–Crippen MR) is 125 cm³/mol. The molecule has 1 saturated heterocycles. The first kappa shape index (κ1) is 21.6. The lowest BCUT2D eigenvalue weighted by atomic mass is 9.98. The molecule has 2 atom stereocenters. The number of nitrogens with zero attached hydrogens (tertiary/aromatic N) is 1. The van der Waals surface area contributed by atoms with Crippen LogP contribution in [0.1, 0.15) is 46.3 Å².